The van der Waals surface area contributed by atoms with Crippen molar-refractivity contribution in [1.29, 1.82) is 0 Å². The average Bonchev–Trinajstić information content (AvgIpc) is 2.79. The summed E-state index contributed by atoms with van der Waals surface area (Å²) in [5.41, 5.74) is 0.496. The van der Waals surface area contributed by atoms with E-state index in [0.717, 1.165) is 17.7 Å². The predicted molar refractivity (Wildman–Crippen MR) is 125 cm³/mol. The maximum Gasteiger partial charge on any atom is 0.573 e. The van der Waals surface area contributed by atoms with Gasteiger partial charge < -0.3 is 9.64 Å². The normalized spacial score (nSPS) is 15.8. The van der Waals surface area contributed by atoms with E-state index in [-0.39, 0.29) is 24.0 Å². The number of benzene rings is 2. The van der Waals surface area contributed by atoms with Crippen LogP contribution in [0.5, 0.6) is 5.75 Å². The van der Waals surface area contributed by atoms with Crippen LogP contribution in [0.15, 0.2) is 48.5 Å². The third-order valence-electron chi connectivity index (χ3n) is 5.94. The maximum absolute atomic E-state index is 13.0. The van der Waals surface area contributed by atoms with Crippen LogP contribution in [-0.4, -0.2) is 62.4 Å². The Balaban J connectivity index is 0.00000432. The molecule has 0 radical (unpaired) electrons. The standard InChI is InChI=1S/C23H28F3N3O4S.H2/c1-4-34(31,32)27-19-11-10-17(16-20(19)33-23(24,25)26)21(30)28-12-14-29(15-13-28)22(2,3)18-8-6-5-7-9-18;/h5-11,16,27H,4,12-15H2,1-3H3;1H. The minimum atomic E-state index is -5.05. The number of piperazine rings is 1. The number of nitrogens with zero attached hydrogens (tertiary/aromatic N) is 2. The molecule has 1 N–H and O–H groups in total. The first kappa shape index (κ1) is 25.8. The average molecular weight is 502 g/mol. The van der Waals surface area contributed by atoms with Gasteiger partial charge in [-0.3, -0.25) is 14.4 Å². The van der Waals surface area contributed by atoms with Gasteiger partial charge in [-0.25, -0.2) is 8.42 Å². The molecule has 0 aromatic heterocycles. The topological polar surface area (TPSA) is 79.0 Å². The molecule has 0 atom stereocenters. The SMILES string of the molecule is CCS(=O)(=O)Nc1ccc(C(=O)N2CCN(C(C)(C)c3ccccc3)CC2)cc1OC(F)(F)F.[HH]. The van der Waals surface area contributed by atoms with E-state index in [0.29, 0.717) is 26.2 Å². The van der Waals surface area contributed by atoms with E-state index in [9.17, 15) is 26.4 Å². The van der Waals surface area contributed by atoms with Gasteiger partial charge in [-0.05, 0) is 44.5 Å². The number of hydrogen-bond acceptors (Lipinski definition) is 5. The highest BCUT2D eigenvalue weighted by atomic mass is 32.2. The molecule has 188 valence electrons. The Kier molecular flexibility index (Phi) is 7.47. The van der Waals surface area contributed by atoms with E-state index >= 15 is 0 Å². The monoisotopic (exact) mass is 501 g/mol. The summed E-state index contributed by atoms with van der Waals surface area (Å²) in [5, 5.41) is 0. The van der Waals surface area contributed by atoms with Gasteiger partial charge in [0.25, 0.3) is 5.91 Å². The Morgan fingerprint density at radius 1 is 1.06 bits per heavy atom. The summed E-state index contributed by atoms with van der Waals surface area (Å²) in [6.07, 6.45) is -5.05. The van der Waals surface area contributed by atoms with Crippen LogP contribution in [0, 0.1) is 0 Å². The molecule has 0 unspecified atom stereocenters. The molecule has 1 amide bonds. The molecular weight excluding hydrogens is 471 g/mol. The molecule has 0 aliphatic carbocycles. The van der Waals surface area contributed by atoms with Gasteiger partial charge in [0, 0.05) is 38.7 Å². The molecule has 1 heterocycles. The van der Waals surface area contributed by atoms with Crippen molar-refractivity contribution in [2.45, 2.75) is 32.7 Å². The summed E-state index contributed by atoms with van der Waals surface area (Å²) in [7, 11) is -3.85. The smallest absolute Gasteiger partial charge is 0.404 e. The van der Waals surface area contributed by atoms with Gasteiger partial charge >= 0.3 is 6.36 Å². The first-order valence-electron chi connectivity index (χ1n) is 10.8. The lowest BCUT2D eigenvalue weighted by molar-refractivity contribution is -0.274. The Bertz CT molecular complexity index is 1120. The lowest BCUT2D eigenvalue weighted by Gasteiger charge is -2.44. The molecule has 11 heteroatoms. The zero-order valence-electron chi connectivity index (χ0n) is 19.2. The van der Waals surface area contributed by atoms with Crippen molar-refractivity contribution in [3.05, 3.63) is 59.7 Å². The molecule has 1 fully saturated rings. The van der Waals surface area contributed by atoms with E-state index < -0.39 is 28.0 Å². The van der Waals surface area contributed by atoms with Crippen LogP contribution in [0.3, 0.4) is 0 Å². The number of sulfonamides is 1. The molecule has 7 nitrogen and oxygen atoms in total. The van der Waals surface area contributed by atoms with Crippen molar-refractivity contribution in [3.8, 4) is 5.75 Å². The second-order valence-corrected chi connectivity index (χ2v) is 10.5. The third kappa shape index (κ3) is 6.20. The minimum Gasteiger partial charge on any atom is -0.404 e. The van der Waals surface area contributed by atoms with Crippen LogP contribution < -0.4 is 9.46 Å². The van der Waals surface area contributed by atoms with Crippen LogP contribution in [0.25, 0.3) is 0 Å². The van der Waals surface area contributed by atoms with E-state index in [1.807, 2.05) is 30.3 Å². The lowest BCUT2D eigenvalue weighted by atomic mass is 9.91. The molecule has 1 aliphatic heterocycles. The number of hydrogen-bond donors (Lipinski definition) is 1. The zero-order chi connectivity index (χ0) is 25.1. The molecule has 2 aromatic carbocycles. The summed E-state index contributed by atoms with van der Waals surface area (Å²) < 4.78 is 68.5. The zero-order valence-corrected chi connectivity index (χ0v) is 20.0. The Labute approximate surface area is 199 Å². The second-order valence-electron chi connectivity index (χ2n) is 8.47. The molecule has 1 saturated heterocycles. The Morgan fingerprint density at radius 2 is 1.68 bits per heavy atom. The van der Waals surface area contributed by atoms with Crippen LogP contribution in [0.4, 0.5) is 18.9 Å². The highest BCUT2D eigenvalue weighted by Gasteiger charge is 2.35. The lowest BCUT2D eigenvalue weighted by Crippen LogP contribution is -2.54. The number of halogens is 3. The number of anilines is 1. The fourth-order valence-corrected chi connectivity index (χ4v) is 4.52. The summed E-state index contributed by atoms with van der Waals surface area (Å²) in [6.45, 7) is 7.54. The molecule has 0 spiro atoms. The molecule has 0 saturated carbocycles. The molecule has 1 aliphatic rings. The molecule has 34 heavy (non-hydrogen) atoms. The minimum absolute atomic E-state index is 0. The van der Waals surface area contributed by atoms with Crippen molar-refractivity contribution >= 4 is 21.6 Å². The van der Waals surface area contributed by atoms with Crippen molar-refractivity contribution < 1.29 is 32.5 Å². The van der Waals surface area contributed by atoms with Gasteiger partial charge in [0.1, 0.15) is 0 Å². The fourth-order valence-electron chi connectivity index (χ4n) is 3.87. The number of amides is 1. The number of carbonyl (C=O) groups is 1. The van der Waals surface area contributed by atoms with Gasteiger partial charge in [0.2, 0.25) is 10.0 Å². The predicted octanol–water partition coefficient (Wildman–Crippen LogP) is 4.29. The van der Waals surface area contributed by atoms with E-state index in [1.165, 1.54) is 13.0 Å². The maximum atomic E-state index is 13.0. The molecule has 3 rings (SSSR count). The van der Waals surface area contributed by atoms with Crippen molar-refractivity contribution in [1.82, 2.24) is 9.80 Å². The van der Waals surface area contributed by atoms with Gasteiger partial charge in [0.15, 0.2) is 5.75 Å². The van der Waals surface area contributed by atoms with Gasteiger partial charge in [-0.1, -0.05) is 30.3 Å². The van der Waals surface area contributed by atoms with Gasteiger partial charge in [-0.15, -0.1) is 13.2 Å². The Hall–Kier alpha value is -2.79. The van der Waals surface area contributed by atoms with Crippen molar-refractivity contribution in [3.63, 3.8) is 0 Å². The van der Waals surface area contributed by atoms with Crippen LogP contribution in [0.2, 0.25) is 0 Å². The molecule has 2 aromatic rings. The van der Waals surface area contributed by atoms with Gasteiger partial charge in [-0.2, -0.15) is 0 Å². The number of alkyl halides is 3. The van der Waals surface area contributed by atoms with E-state index in [4.69, 9.17) is 0 Å². The summed E-state index contributed by atoms with van der Waals surface area (Å²) in [5.74, 6) is -1.56. The Morgan fingerprint density at radius 3 is 2.24 bits per heavy atom. The number of carbonyl (C=O) groups excluding carboxylic acids is 1. The largest absolute Gasteiger partial charge is 0.573 e. The van der Waals surface area contributed by atoms with Crippen molar-refractivity contribution in [2.24, 2.45) is 0 Å². The summed E-state index contributed by atoms with van der Waals surface area (Å²) in [4.78, 5) is 16.9. The molecular formula is C23H30F3N3O4S. The fraction of sp³-hybridized carbons (Fsp3) is 0.435. The quantitative estimate of drug-likeness (QED) is 0.613. The van der Waals surface area contributed by atoms with Crippen LogP contribution >= 0.6 is 0 Å². The third-order valence-corrected chi connectivity index (χ3v) is 7.23. The summed E-state index contributed by atoms with van der Waals surface area (Å²) >= 11 is 0. The highest BCUT2D eigenvalue weighted by molar-refractivity contribution is 7.92. The second kappa shape index (κ2) is 9.83. The van der Waals surface area contributed by atoms with E-state index in [1.54, 1.807) is 4.90 Å². The van der Waals surface area contributed by atoms with Crippen molar-refractivity contribution in [2.75, 3.05) is 36.7 Å². The summed E-state index contributed by atoms with van der Waals surface area (Å²) in [6, 6.07) is 13.3. The van der Waals surface area contributed by atoms with Gasteiger partial charge in [0.05, 0.1) is 11.4 Å². The number of rotatable bonds is 7. The number of nitrogens with one attached hydrogen (secondary N) is 1. The van der Waals surface area contributed by atoms with Crippen LogP contribution in [-0.2, 0) is 15.6 Å². The van der Waals surface area contributed by atoms with Crippen LogP contribution in [0.1, 0.15) is 38.1 Å². The highest BCUT2D eigenvalue weighted by Crippen LogP contribution is 2.33. The number of ether oxygens (including phenoxy) is 1. The first-order chi connectivity index (χ1) is 15.8. The molecule has 0 bridgehead atoms. The van der Waals surface area contributed by atoms with E-state index in [2.05, 4.69) is 28.2 Å². The first-order valence-corrected chi connectivity index (χ1v) is 12.5.